The van der Waals surface area contributed by atoms with Gasteiger partial charge >= 0.3 is 0 Å². The fourth-order valence-electron chi connectivity index (χ4n) is 2.35. The molecule has 84 valence electrons. The monoisotopic (exact) mass is 198 g/mol. The van der Waals surface area contributed by atoms with Gasteiger partial charge in [-0.25, -0.2) is 0 Å². The van der Waals surface area contributed by atoms with Crippen LogP contribution in [-0.2, 0) is 0 Å². The third-order valence-corrected chi connectivity index (χ3v) is 2.91. The summed E-state index contributed by atoms with van der Waals surface area (Å²) in [5.41, 5.74) is 0. The first kappa shape index (κ1) is 12.0. The molecule has 14 heavy (non-hydrogen) atoms. The molecule has 2 nitrogen and oxygen atoms in total. The highest BCUT2D eigenvalue weighted by molar-refractivity contribution is 4.74. The van der Waals surface area contributed by atoms with Crippen LogP contribution in [0.4, 0.5) is 0 Å². The lowest BCUT2D eigenvalue weighted by Crippen LogP contribution is -2.41. The summed E-state index contributed by atoms with van der Waals surface area (Å²) in [5.74, 6) is 1.70. The smallest absolute Gasteiger partial charge is 0.00219 e. The quantitative estimate of drug-likeness (QED) is 0.726. The summed E-state index contributed by atoms with van der Waals surface area (Å²) < 4.78 is 0. The van der Waals surface area contributed by atoms with E-state index in [4.69, 9.17) is 0 Å². The van der Waals surface area contributed by atoms with E-state index in [1.807, 2.05) is 0 Å². The predicted octanol–water partition coefficient (Wildman–Crippen LogP) is 1.96. The average molecular weight is 198 g/mol. The molecule has 0 bridgehead atoms. The fourth-order valence-corrected chi connectivity index (χ4v) is 2.35. The lowest BCUT2D eigenvalue weighted by atomic mass is 9.97. The highest BCUT2D eigenvalue weighted by Crippen LogP contribution is 2.16. The summed E-state index contributed by atoms with van der Waals surface area (Å²) in [5, 5.41) is 3.47. The zero-order valence-electron chi connectivity index (χ0n) is 10.1. The summed E-state index contributed by atoms with van der Waals surface area (Å²) in [4.78, 5) is 2.64. The topological polar surface area (TPSA) is 15.3 Å². The van der Waals surface area contributed by atoms with Crippen molar-refractivity contribution in [3.63, 3.8) is 0 Å². The number of piperidine rings is 1. The van der Waals surface area contributed by atoms with Crippen LogP contribution in [0.15, 0.2) is 0 Å². The van der Waals surface area contributed by atoms with Crippen LogP contribution >= 0.6 is 0 Å². The summed E-state index contributed by atoms with van der Waals surface area (Å²) in [6.07, 6.45) is 2.81. The van der Waals surface area contributed by atoms with Crippen molar-refractivity contribution in [2.45, 2.75) is 33.6 Å². The van der Waals surface area contributed by atoms with Crippen molar-refractivity contribution in [2.24, 2.45) is 11.8 Å². The molecule has 1 unspecified atom stereocenters. The number of nitrogens with zero attached hydrogens (tertiary/aromatic N) is 1. The van der Waals surface area contributed by atoms with Crippen molar-refractivity contribution in [1.29, 1.82) is 0 Å². The lowest BCUT2D eigenvalue weighted by molar-refractivity contribution is 0.157. The van der Waals surface area contributed by atoms with Crippen molar-refractivity contribution in [3.05, 3.63) is 0 Å². The molecule has 0 aromatic carbocycles. The first-order valence-electron chi connectivity index (χ1n) is 6.15. The van der Waals surface area contributed by atoms with E-state index in [0.717, 1.165) is 18.4 Å². The highest BCUT2D eigenvalue weighted by atomic mass is 15.1. The van der Waals surface area contributed by atoms with Crippen LogP contribution in [0.5, 0.6) is 0 Å². The Bertz CT molecular complexity index is 145. The molecule has 0 spiro atoms. The Morgan fingerprint density at radius 1 is 1.43 bits per heavy atom. The normalized spacial score (nSPS) is 24.4. The molecule has 0 aromatic rings. The molecule has 0 amide bonds. The van der Waals surface area contributed by atoms with Crippen LogP contribution in [0.1, 0.15) is 33.6 Å². The minimum Gasteiger partial charge on any atom is -0.317 e. The second-order valence-electron chi connectivity index (χ2n) is 4.97. The third-order valence-electron chi connectivity index (χ3n) is 2.91. The van der Waals surface area contributed by atoms with Crippen molar-refractivity contribution in [1.82, 2.24) is 10.2 Å². The zero-order valence-corrected chi connectivity index (χ0v) is 10.1. The van der Waals surface area contributed by atoms with Crippen LogP contribution in [0.3, 0.4) is 0 Å². The van der Waals surface area contributed by atoms with E-state index in [1.165, 1.54) is 39.0 Å². The second-order valence-corrected chi connectivity index (χ2v) is 4.97. The Morgan fingerprint density at radius 3 is 2.86 bits per heavy atom. The van der Waals surface area contributed by atoms with Crippen LogP contribution in [0.25, 0.3) is 0 Å². The van der Waals surface area contributed by atoms with E-state index in [-0.39, 0.29) is 0 Å². The van der Waals surface area contributed by atoms with Crippen LogP contribution in [-0.4, -0.2) is 37.6 Å². The Kier molecular flexibility index (Phi) is 5.49. The van der Waals surface area contributed by atoms with Crippen LogP contribution in [0.2, 0.25) is 0 Å². The van der Waals surface area contributed by atoms with E-state index in [1.54, 1.807) is 0 Å². The molecular weight excluding hydrogens is 172 g/mol. The number of hydrogen-bond donors (Lipinski definition) is 1. The SMILES string of the molecule is CCNCC1CCCN(CC(C)C)C1. The van der Waals surface area contributed by atoms with Crippen molar-refractivity contribution in [3.8, 4) is 0 Å². The number of likely N-dealkylation sites (tertiary alicyclic amines) is 1. The van der Waals surface area contributed by atoms with Gasteiger partial charge in [0, 0.05) is 13.1 Å². The molecule has 0 aliphatic carbocycles. The van der Waals surface area contributed by atoms with Gasteiger partial charge in [0.25, 0.3) is 0 Å². The first-order chi connectivity index (χ1) is 6.72. The molecular formula is C12H26N2. The van der Waals surface area contributed by atoms with Gasteiger partial charge in [0.2, 0.25) is 0 Å². The average Bonchev–Trinajstić information content (AvgIpc) is 2.14. The molecule has 0 saturated carbocycles. The molecule has 1 rings (SSSR count). The maximum atomic E-state index is 3.47. The molecule has 1 fully saturated rings. The van der Waals surface area contributed by atoms with Gasteiger partial charge in [-0.05, 0) is 44.3 Å². The van der Waals surface area contributed by atoms with Crippen LogP contribution < -0.4 is 5.32 Å². The van der Waals surface area contributed by atoms with Gasteiger partial charge in [0.1, 0.15) is 0 Å². The molecule has 1 aliphatic heterocycles. The summed E-state index contributed by atoms with van der Waals surface area (Å²) in [7, 11) is 0. The van der Waals surface area contributed by atoms with Gasteiger partial charge in [-0.3, -0.25) is 0 Å². The molecule has 1 saturated heterocycles. The second kappa shape index (κ2) is 6.41. The van der Waals surface area contributed by atoms with Gasteiger partial charge in [0.05, 0.1) is 0 Å². The Balaban J connectivity index is 2.21. The zero-order chi connectivity index (χ0) is 10.4. The van der Waals surface area contributed by atoms with Crippen molar-refractivity contribution < 1.29 is 0 Å². The summed E-state index contributed by atoms with van der Waals surface area (Å²) in [6, 6.07) is 0. The first-order valence-corrected chi connectivity index (χ1v) is 6.15. The maximum absolute atomic E-state index is 3.47. The van der Waals surface area contributed by atoms with Crippen molar-refractivity contribution >= 4 is 0 Å². The lowest BCUT2D eigenvalue weighted by Gasteiger charge is -2.33. The van der Waals surface area contributed by atoms with Crippen LogP contribution in [0, 0.1) is 11.8 Å². The van der Waals surface area contributed by atoms with E-state index < -0.39 is 0 Å². The van der Waals surface area contributed by atoms with E-state index in [9.17, 15) is 0 Å². The minimum atomic E-state index is 0.813. The largest absolute Gasteiger partial charge is 0.317 e. The molecule has 1 heterocycles. The van der Waals surface area contributed by atoms with Gasteiger partial charge in [-0.15, -0.1) is 0 Å². The maximum Gasteiger partial charge on any atom is 0.00219 e. The van der Waals surface area contributed by atoms with E-state index >= 15 is 0 Å². The number of hydrogen-bond acceptors (Lipinski definition) is 2. The fraction of sp³-hybridized carbons (Fsp3) is 1.00. The van der Waals surface area contributed by atoms with Gasteiger partial charge in [-0.2, -0.15) is 0 Å². The molecule has 1 atom stereocenters. The standard InChI is InChI=1S/C12H26N2/c1-4-13-8-12-6-5-7-14(10-12)9-11(2)3/h11-13H,4-10H2,1-3H3. The molecule has 2 heteroatoms. The molecule has 1 N–H and O–H groups in total. The summed E-state index contributed by atoms with van der Waals surface area (Å²) >= 11 is 0. The predicted molar refractivity (Wildman–Crippen MR) is 62.5 cm³/mol. The molecule has 0 aromatic heterocycles. The minimum absolute atomic E-state index is 0.813. The molecule has 1 aliphatic rings. The Labute approximate surface area is 89.1 Å². The Morgan fingerprint density at radius 2 is 2.21 bits per heavy atom. The third kappa shape index (κ3) is 4.43. The summed E-state index contributed by atoms with van der Waals surface area (Å²) in [6.45, 7) is 13.1. The highest BCUT2D eigenvalue weighted by Gasteiger charge is 2.19. The molecule has 0 radical (unpaired) electrons. The number of rotatable bonds is 5. The van der Waals surface area contributed by atoms with Gasteiger partial charge < -0.3 is 10.2 Å². The van der Waals surface area contributed by atoms with Gasteiger partial charge in [0.15, 0.2) is 0 Å². The van der Waals surface area contributed by atoms with E-state index in [2.05, 4.69) is 31.0 Å². The van der Waals surface area contributed by atoms with E-state index in [0.29, 0.717) is 0 Å². The number of nitrogens with one attached hydrogen (secondary N) is 1. The van der Waals surface area contributed by atoms with Crippen molar-refractivity contribution in [2.75, 3.05) is 32.7 Å². The van der Waals surface area contributed by atoms with Gasteiger partial charge in [-0.1, -0.05) is 20.8 Å². The Hall–Kier alpha value is -0.0800.